The van der Waals surface area contributed by atoms with Crippen molar-refractivity contribution >= 4 is 27.3 Å². The van der Waals surface area contributed by atoms with E-state index in [4.69, 9.17) is 22.4 Å². The minimum atomic E-state index is -4.90. The van der Waals surface area contributed by atoms with Gasteiger partial charge in [0.25, 0.3) is 0 Å². The van der Waals surface area contributed by atoms with Gasteiger partial charge < -0.3 is 10.8 Å². The van der Waals surface area contributed by atoms with Crippen LogP contribution in [0.25, 0.3) is 0 Å². The molecule has 0 aliphatic carbocycles. The summed E-state index contributed by atoms with van der Waals surface area (Å²) in [7, 11) is -4.20. The van der Waals surface area contributed by atoms with E-state index in [2.05, 4.69) is 0 Å². The van der Waals surface area contributed by atoms with E-state index in [9.17, 15) is 21.6 Å². The minimum absolute atomic E-state index is 0.0269. The number of rotatable bonds is 4. The first kappa shape index (κ1) is 16.0. The van der Waals surface area contributed by atoms with Gasteiger partial charge in [-0.2, -0.15) is 13.2 Å². The Morgan fingerprint density at radius 1 is 1.42 bits per heavy atom. The monoisotopic (exact) mass is 318 g/mol. The van der Waals surface area contributed by atoms with Crippen molar-refractivity contribution in [2.45, 2.75) is 17.2 Å². The standard InChI is InChI=1S/C9H10ClF3N2O3S/c10-6-2-1-5(3-7(6)14)19(17,18)15-4-8(16)9(11,12)13/h1-3,8,15-16H,4,14H2. The molecule has 0 radical (unpaired) electrons. The van der Waals surface area contributed by atoms with Gasteiger partial charge in [0.05, 0.1) is 15.6 Å². The third-order valence-corrected chi connectivity index (χ3v) is 3.89. The molecule has 108 valence electrons. The number of nitrogens with one attached hydrogen (secondary N) is 1. The topological polar surface area (TPSA) is 92.4 Å². The van der Waals surface area contributed by atoms with E-state index >= 15 is 0 Å². The highest BCUT2D eigenvalue weighted by Gasteiger charge is 2.38. The van der Waals surface area contributed by atoms with Crippen molar-refractivity contribution in [1.29, 1.82) is 0 Å². The summed E-state index contributed by atoms with van der Waals surface area (Å²) in [6.07, 6.45) is -7.69. The van der Waals surface area contributed by atoms with Gasteiger partial charge in [-0.3, -0.25) is 0 Å². The molecular formula is C9H10ClF3N2O3S. The van der Waals surface area contributed by atoms with Crippen LogP contribution in [0.4, 0.5) is 18.9 Å². The van der Waals surface area contributed by atoms with Crippen LogP contribution in [0.5, 0.6) is 0 Å². The highest BCUT2D eigenvalue weighted by molar-refractivity contribution is 7.89. The number of alkyl halides is 3. The SMILES string of the molecule is Nc1cc(S(=O)(=O)NCC(O)C(F)(F)F)ccc1Cl. The lowest BCUT2D eigenvalue weighted by molar-refractivity contribution is -0.200. The Morgan fingerprint density at radius 2 is 2.00 bits per heavy atom. The Labute approximate surface area is 112 Å². The summed E-state index contributed by atoms with van der Waals surface area (Å²) in [4.78, 5) is -0.344. The van der Waals surface area contributed by atoms with E-state index < -0.39 is 28.8 Å². The van der Waals surface area contributed by atoms with Crippen LogP contribution in [0.2, 0.25) is 5.02 Å². The van der Waals surface area contributed by atoms with Gasteiger partial charge in [-0.15, -0.1) is 0 Å². The number of nitrogens with two attached hydrogens (primary N) is 1. The molecule has 0 aliphatic rings. The Bertz CT molecular complexity index is 562. The molecule has 0 bridgehead atoms. The van der Waals surface area contributed by atoms with Gasteiger partial charge in [-0.05, 0) is 18.2 Å². The second-order valence-corrected chi connectivity index (χ2v) is 5.77. The van der Waals surface area contributed by atoms with Crippen LogP contribution in [0.15, 0.2) is 23.1 Å². The van der Waals surface area contributed by atoms with Crippen molar-refractivity contribution in [3.8, 4) is 0 Å². The maximum atomic E-state index is 12.0. The van der Waals surface area contributed by atoms with Gasteiger partial charge in [-0.25, -0.2) is 13.1 Å². The van der Waals surface area contributed by atoms with Crippen LogP contribution in [-0.4, -0.2) is 32.3 Å². The first-order chi connectivity index (χ1) is 8.54. The van der Waals surface area contributed by atoms with E-state index in [1.54, 1.807) is 4.72 Å². The van der Waals surface area contributed by atoms with Crippen LogP contribution >= 0.6 is 11.6 Å². The molecule has 1 unspecified atom stereocenters. The summed E-state index contributed by atoms with van der Waals surface area (Å²) in [5.74, 6) is 0. The predicted molar refractivity (Wildman–Crippen MR) is 63.1 cm³/mol. The molecule has 19 heavy (non-hydrogen) atoms. The van der Waals surface area contributed by atoms with Crippen molar-refractivity contribution in [3.63, 3.8) is 0 Å². The zero-order valence-corrected chi connectivity index (χ0v) is 10.9. The molecule has 1 aromatic rings. The highest BCUT2D eigenvalue weighted by Crippen LogP contribution is 2.23. The van der Waals surface area contributed by atoms with Crippen molar-refractivity contribution in [2.75, 3.05) is 12.3 Å². The van der Waals surface area contributed by atoms with Crippen LogP contribution < -0.4 is 10.5 Å². The van der Waals surface area contributed by atoms with Crippen LogP contribution in [0.3, 0.4) is 0 Å². The zero-order valence-electron chi connectivity index (χ0n) is 9.28. The van der Waals surface area contributed by atoms with E-state index in [0.717, 1.165) is 12.1 Å². The average Bonchev–Trinajstić information content (AvgIpc) is 2.28. The van der Waals surface area contributed by atoms with Crippen LogP contribution in [-0.2, 0) is 10.0 Å². The Morgan fingerprint density at radius 3 is 2.47 bits per heavy atom. The largest absolute Gasteiger partial charge is 0.415 e. The second kappa shape index (κ2) is 5.53. The molecule has 0 aliphatic heterocycles. The second-order valence-electron chi connectivity index (χ2n) is 3.59. The molecule has 1 atom stereocenters. The van der Waals surface area contributed by atoms with Gasteiger partial charge in [0, 0.05) is 6.54 Å². The Hall–Kier alpha value is -1.03. The smallest absolute Gasteiger partial charge is 0.397 e. The molecule has 0 heterocycles. The molecule has 0 amide bonds. The number of hydrogen-bond donors (Lipinski definition) is 3. The Balaban J connectivity index is 2.85. The fourth-order valence-electron chi connectivity index (χ4n) is 1.08. The van der Waals surface area contributed by atoms with Gasteiger partial charge in [-0.1, -0.05) is 11.6 Å². The van der Waals surface area contributed by atoms with Crippen molar-refractivity contribution in [3.05, 3.63) is 23.2 Å². The number of halogens is 4. The molecule has 0 saturated heterocycles. The minimum Gasteiger partial charge on any atom is -0.397 e. The van der Waals surface area contributed by atoms with Gasteiger partial charge >= 0.3 is 6.18 Å². The number of sulfonamides is 1. The number of hydrogen-bond acceptors (Lipinski definition) is 4. The third-order valence-electron chi connectivity index (χ3n) is 2.12. The number of anilines is 1. The van der Waals surface area contributed by atoms with Crippen LogP contribution in [0, 0.1) is 0 Å². The van der Waals surface area contributed by atoms with E-state index in [1.807, 2.05) is 0 Å². The molecule has 1 rings (SSSR count). The fourth-order valence-corrected chi connectivity index (χ4v) is 2.27. The maximum absolute atomic E-state index is 12.0. The van der Waals surface area contributed by atoms with Crippen molar-refractivity contribution in [1.82, 2.24) is 4.72 Å². The van der Waals surface area contributed by atoms with Gasteiger partial charge in [0.1, 0.15) is 0 Å². The first-order valence-corrected chi connectivity index (χ1v) is 6.69. The van der Waals surface area contributed by atoms with E-state index in [0.29, 0.717) is 0 Å². The molecule has 5 nitrogen and oxygen atoms in total. The van der Waals surface area contributed by atoms with Gasteiger partial charge in [0.15, 0.2) is 6.10 Å². The number of nitrogen functional groups attached to an aromatic ring is 1. The average molecular weight is 319 g/mol. The van der Waals surface area contributed by atoms with Crippen molar-refractivity contribution < 1.29 is 26.7 Å². The number of benzene rings is 1. The van der Waals surface area contributed by atoms with Gasteiger partial charge in [0.2, 0.25) is 10.0 Å². The lowest BCUT2D eigenvalue weighted by atomic mass is 10.3. The number of aliphatic hydroxyl groups is 1. The van der Waals surface area contributed by atoms with Crippen LogP contribution in [0.1, 0.15) is 0 Å². The molecule has 0 saturated carbocycles. The molecule has 0 spiro atoms. The molecular weight excluding hydrogens is 309 g/mol. The molecule has 1 aromatic carbocycles. The lowest BCUT2D eigenvalue weighted by Gasteiger charge is -2.15. The fraction of sp³-hybridized carbons (Fsp3) is 0.333. The maximum Gasteiger partial charge on any atom is 0.415 e. The summed E-state index contributed by atoms with van der Waals surface area (Å²) >= 11 is 5.59. The van der Waals surface area contributed by atoms with Crippen molar-refractivity contribution in [2.24, 2.45) is 0 Å². The predicted octanol–water partition coefficient (Wildman–Crippen LogP) is 1.12. The zero-order chi connectivity index (χ0) is 14.8. The van der Waals surface area contributed by atoms with E-state index in [1.165, 1.54) is 6.07 Å². The quantitative estimate of drug-likeness (QED) is 0.725. The summed E-state index contributed by atoms with van der Waals surface area (Å²) in [5, 5.41) is 8.82. The lowest BCUT2D eigenvalue weighted by Crippen LogP contribution is -2.40. The normalized spacial score (nSPS) is 14.4. The van der Waals surface area contributed by atoms with E-state index in [-0.39, 0.29) is 15.6 Å². The summed E-state index contributed by atoms with van der Waals surface area (Å²) < 4.78 is 61.0. The molecule has 0 fully saturated rings. The first-order valence-electron chi connectivity index (χ1n) is 4.83. The molecule has 10 heteroatoms. The molecule has 0 aromatic heterocycles. The summed E-state index contributed by atoms with van der Waals surface area (Å²) in [6, 6.07) is 3.29. The summed E-state index contributed by atoms with van der Waals surface area (Å²) in [6.45, 7) is -1.19. The molecule has 4 N–H and O–H groups in total. The highest BCUT2D eigenvalue weighted by atomic mass is 35.5. The summed E-state index contributed by atoms with van der Waals surface area (Å²) in [5.41, 5.74) is 5.36. The Kier molecular flexibility index (Phi) is 4.67. The number of aliphatic hydroxyl groups excluding tert-OH is 1. The third kappa shape index (κ3) is 4.23.